The van der Waals surface area contributed by atoms with Crippen molar-refractivity contribution in [3.05, 3.63) is 42.5 Å². The van der Waals surface area contributed by atoms with E-state index in [0.29, 0.717) is 17.1 Å². The predicted molar refractivity (Wildman–Crippen MR) is 112 cm³/mol. The van der Waals surface area contributed by atoms with Crippen LogP contribution in [0.25, 0.3) is 0 Å². The van der Waals surface area contributed by atoms with E-state index in [9.17, 15) is 13.5 Å². The number of rotatable bonds is 5. The molecule has 1 aliphatic rings. The van der Waals surface area contributed by atoms with Gasteiger partial charge in [-0.25, -0.2) is 8.42 Å². The number of likely N-dealkylation sites (N-methyl/N-ethyl adjacent to an activating group) is 1. The topological polar surface area (TPSA) is 60.9 Å². The lowest BCUT2D eigenvalue weighted by molar-refractivity contribution is 0.351. The molecule has 7 heteroatoms. The van der Waals surface area contributed by atoms with Crippen LogP contribution in [0.5, 0.6) is 5.75 Å². The third-order valence-corrected chi connectivity index (χ3v) is 7.78. The van der Waals surface area contributed by atoms with Gasteiger partial charge < -0.3 is 10.0 Å². The number of nitrogens with zero attached hydrogens (tertiary/aromatic N) is 2. The molecule has 0 saturated heterocycles. The number of sulfonamides is 1. The molecule has 0 radical (unpaired) electrons. The Hall–Kier alpha value is -1.70. The highest BCUT2D eigenvalue weighted by Gasteiger charge is 2.37. The molecule has 0 amide bonds. The summed E-state index contributed by atoms with van der Waals surface area (Å²) in [5.41, 5.74) is 1.57. The second-order valence-corrected chi connectivity index (χ2v) is 9.57. The maximum atomic E-state index is 13.3. The van der Waals surface area contributed by atoms with Crippen molar-refractivity contribution < 1.29 is 13.5 Å². The number of fused-ring (bicyclic) bond motifs is 1. The number of hydrogen-bond donors (Lipinski definition) is 1. The molecule has 3 rings (SSSR count). The van der Waals surface area contributed by atoms with Crippen molar-refractivity contribution in [3.63, 3.8) is 0 Å². The second kappa shape index (κ2) is 8.12. The Morgan fingerprint density at radius 1 is 1.22 bits per heavy atom. The monoisotopic (exact) mass is 406 g/mol. The quantitative estimate of drug-likeness (QED) is 0.744. The number of anilines is 2. The van der Waals surface area contributed by atoms with E-state index in [0.717, 1.165) is 24.9 Å². The fourth-order valence-electron chi connectivity index (χ4n) is 3.46. The number of phenolic OH excluding ortho intramolecular Hbond substituents is 1. The van der Waals surface area contributed by atoms with Crippen molar-refractivity contribution in [1.82, 2.24) is 4.31 Å². The van der Waals surface area contributed by atoms with Gasteiger partial charge in [0.15, 0.2) is 0 Å². The summed E-state index contributed by atoms with van der Waals surface area (Å²) in [5.74, 6) is -0.00163. The van der Waals surface area contributed by atoms with Gasteiger partial charge in [0.1, 0.15) is 10.6 Å². The molecule has 2 aromatic carbocycles. The van der Waals surface area contributed by atoms with E-state index >= 15 is 0 Å². The highest BCUT2D eigenvalue weighted by atomic mass is 32.2. The van der Waals surface area contributed by atoms with E-state index in [-0.39, 0.29) is 16.7 Å². The molecular formula is C20H26N2O3S2. The fourth-order valence-corrected chi connectivity index (χ4v) is 5.53. The van der Waals surface area contributed by atoms with Crippen LogP contribution < -0.4 is 4.90 Å². The molecule has 1 aliphatic heterocycles. The lowest BCUT2D eigenvalue weighted by atomic mass is 10.1. The van der Waals surface area contributed by atoms with Gasteiger partial charge in [0.05, 0.1) is 10.6 Å². The summed E-state index contributed by atoms with van der Waals surface area (Å²) in [4.78, 5) is 2.89. The normalized spacial score (nSPS) is 19.5. The van der Waals surface area contributed by atoms with E-state index in [1.54, 1.807) is 13.1 Å². The number of benzene rings is 2. The lowest BCUT2D eigenvalue weighted by Crippen LogP contribution is -2.40. The molecule has 1 N–H and O–H groups in total. The van der Waals surface area contributed by atoms with Crippen molar-refractivity contribution in [3.8, 4) is 5.75 Å². The van der Waals surface area contributed by atoms with Crippen molar-refractivity contribution in [1.29, 1.82) is 0 Å². The Morgan fingerprint density at radius 3 is 2.56 bits per heavy atom. The Kier molecular flexibility index (Phi) is 6.03. The van der Waals surface area contributed by atoms with Crippen molar-refractivity contribution in [2.24, 2.45) is 0 Å². The van der Waals surface area contributed by atoms with E-state index in [2.05, 4.69) is 11.8 Å². The van der Waals surface area contributed by atoms with Gasteiger partial charge in [-0.2, -0.15) is 4.31 Å². The number of thioether (sulfide) groups is 1. The molecule has 0 saturated carbocycles. The lowest BCUT2D eigenvalue weighted by Gasteiger charge is -2.29. The van der Waals surface area contributed by atoms with Crippen LogP contribution in [-0.2, 0) is 10.0 Å². The largest absolute Gasteiger partial charge is 0.507 e. The second-order valence-electron chi connectivity index (χ2n) is 6.76. The molecule has 27 heavy (non-hydrogen) atoms. The summed E-state index contributed by atoms with van der Waals surface area (Å²) in [7, 11) is -2.06. The van der Waals surface area contributed by atoms with Gasteiger partial charge in [0.2, 0.25) is 10.0 Å². The van der Waals surface area contributed by atoms with Crippen LogP contribution in [-0.4, -0.2) is 43.7 Å². The van der Waals surface area contributed by atoms with Crippen LogP contribution in [0.3, 0.4) is 0 Å². The zero-order chi connectivity index (χ0) is 19.6. The predicted octanol–water partition coefficient (Wildman–Crippen LogP) is 4.45. The molecule has 0 bridgehead atoms. The van der Waals surface area contributed by atoms with Crippen LogP contribution in [0.1, 0.15) is 26.2 Å². The van der Waals surface area contributed by atoms with Crippen LogP contribution >= 0.6 is 11.8 Å². The molecular weight excluding hydrogens is 380 g/mol. The highest BCUT2D eigenvalue weighted by molar-refractivity contribution is 7.98. The van der Waals surface area contributed by atoms with Crippen LogP contribution in [0.15, 0.2) is 52.3 Å². The first kappa shape index (κ1) is 20.0. The van der Waals surface area contributed by atoms with Crippen molar-refractivity contribution in [2.75, 3.05) is 24.7 Å². The fraction of sp³-hybridized carbons (Fsp3) is 0.400. The molecule has 0 fully saturated rings. The smallest absolute Gasteiger partial charge is 0.245 e. The first-order valence-corrected chi connectivity index (χ1v) is 11.8. The Bertz CT molecular complexity index is 901. The zero-order valence-corrected chi connectivity index (χ0v) is 17.6. The molecule has 2 aromatic rings. The minimum absolute atomic E-state index is 0.00163. The van der Waals surface area contributed by atoms with E-state index in [1.807, 2.05) is 36.6 Å². The van der Waals surface area contributed by atoms with Crippen LogP contribution in [0, 0.1) is 0 Å². The van der Waals surface area contributed by atoms with Crippen molar-refractivity contribution >= 4 is 33.2 Å². The van der Waals surface area contributed by atoms with Gasteiger partial charge in [-0.15, -0.1) is 11.8 Å². The Morgan fingerprint density at radius 2 is 1.93 bits per heavy atom. The average molecular weight is 407 g/mol. The van der Waals surface area contributed by atoms with Gasteiger partial charge in [-0.05, 0) is 30.9 Å². The molecule has 0 aliphatic carbocycles. The van der Waals surface area contributed by atoms with E-state index < -0.39 is 10.0 Å². The summed E-state index contributed by atoms with van der Waals surface area (Å²) in [6, 6.07) is 12.9. The molecule has 1 atom stereocenters. The van der Waals surface area contributed by atoms with Gasteiger partial charge in [-0.1, -0.05) is 38.0 Å². The highest BCUT2D eigenvalue weighted by Crippen LogP contribution is 2.42. The zero-order valence-electron chi connectivity index (χ0n) is 15.9. The molecule has 5 nitrogen and oxygen atoms in total. The van der Waals surface area contributed by atoms with E-state index in [4.69, 9.17) is 0 Å². The minimum Gasteiger partial charge on any atom is -0.507 e. The number of unbranched alkanes of at least 4 members (excludes halogenated alkanes) is 1. The molecule has 0 spiro atoms. The number of para-hydroxylation sites is 1. The number of hydrogen-bond acceptors (Lipinski definition) is 5. The number of aromatic hydroxyl groups is 1. The summed E-state index contributed by atoms with van der Waals surface area (Å²) in [6.45, 7) is 2.68. The van der Waals surface area contributed by atoms with Gasteiger partial charge in [0.25, 0.3) is 0 Å². The van der Waals surface area contributed by atoms with Gasteiger partial charge in [0, 0.05) is 31.4 Å². The van der Waals surface area contributed by atoms with Gasteiger partial charge in [-0.3, -0.25) is 0 Å². The Balaban J connectivity index is 2.23. The maximum absolute atomic E-state index is 13.3. The van der Waals surface area contributed by atoms with Crippen LogP contribution in [0.4, 0.5) is 11.4 Å². The van der Waals surface area contributed by atoms with Crippen molar-refractivity contribution in [2.45, 2.75) is 42.0 Å². The van der Waals surface area contributed by atoms with Crippen LogP contribution in [0.2, 0.25) is 0 Å². The average Bonchev–Trinajstić information content (AvgIpc) is 2.75. The molecule has 0 unspecified atom stereocenters. The third-order valence-electron chi connectivity index (χ3n) is 5.07. The summed E-state index contributed by atoms with van der Waals surface area (Å²) in [6.07, 6.45) is 4.64. The minimum atomic E-state index is -3.70. The van der Waals surface area contributed by atoms with E-state index in [1.165, 1.54) is 22.1 Å². The standard InChI is InChI=1S/C20H26N2O3S2/c1-4-5-9-16-14-22(15-10-7-6-8-11-15)17-12-19(26-3)18(23)13-20(17)27(24,25)21(16)2/h6-8,10-13,16,23H,4-5,9,14H2,1-3H3/t16-/m1/s1. The first-order valence-electron chi connectivity index (χ1n) is 9.11. The van der Waals surface area contributed by atoms with Gasteiger partial charge >= 0.3 is 0 Å². The Labute approximate surface area is 166 Å². The maximum Gasteiger partial charge on any atom is 0.245 e. The molecule has 146 valence electrons. The molecule has 1 heterocycles. The summed E-state index contributed by atoms with van der Waals surface area (Å²) in [5, 5.41) is 10.3. The molecule has 0 aromatic heterocycles. The summed E-state index contributed by atoms with van der Waals surface area (Å²) < 4.78 is 28.1. The first-order chi connectivity index (χ1) is 12.9. The SMILES string of the molecule is CCCC[C@@H]1CN(c2ccccc2)c2cc(SC)c(O)cc2S(=O)(=O)N1C. The summed E-state index contributed by atoms with van der Waals surface area (Å²) >= 11 is 1.40. The number of phenols is 1. The third kappa shape index (κ3) is 3.81.